The van der Waals surface area contributed by atoms with E-state index in [4.69, 9.17) is 9.47 Å². The Labute approximate surface area is 127 Å². The average molecular weight is 316 g/mol. The summed E-state index contributed by atoms with van der Waals surface area (Å²) in [5.41, 5.74) is 0.801. The highest BCUT2D eigenvalue weighted by Gasteiger charge is 2.17. The van der Waals surface area contributed by atoms with Gasteiger partial charge in [-0.25, -0.2) is 0 Å². The van der Waals surface area contributed by atoms with E-state index in [1.165, 1.54) is 18.5 Å². The van der Waals surface area contributed by atoms with Crippen LogP contribution in [0.1, 0.15) is 19.4 Å². The van der Waals surface area contributed by atoms with Gasteiger partial charge in [-0.15, -0.1) is 0 Å². The van der Waals surface area contributed by atoms with Crippen LogP contribution in [0.15, 0.2) is 24.3 Å². The highest BCUT2D eigenvalue weighted by Crippen LogP contribution is 2.19. The maximum absolute atomic E-state index is 12.1. The molecule has 0 saturated carbocycles. The minimum atomic E-state index is -3.53. The number of nitrogens with one attached hydrogen (secondary N) is 1. The molecule has 1 aromatic rings. The van der Waals surface area contributed by atoms with Gasteiger partial charge in [-0.05, 0) is 19.9 Å². The normalized spacial score (nSPS) is 12.1. The van der Waals surface area contributed by atoms with Gasteiger partial charge >= 0.3 is 0 Å². The van der Waals surface area contributed by atoms with E-state index in [1.54, 1.807) is 0 Å². The number of likely N-dealkylation sites (N-methyl/N-ethyl adjacent to an activating group) is 1. The molecule has 7 heteroatoms. The molecule has 0 aliphatic carbocycles. The van der Waals surface area contributed by atoms with E-state index in [1.807, 2.05) is 38.1 Å². The number of hydrogen-bond acceptors (Lipinski definition) is 4. The smallest absolute Gasteiger partial charge is 0.279 e. The number of rotatable bonds is 9. The lowest BCUT2D eigenvalue weighted by atomic mass is 10.2. The molecule has 0 aliphatic heterocycles. The standard InChI is InChI=1S/C14H24N2O4S/c1-12(2)20-14-8-6-5-7-13(14)11-15-21(17,18)16(3)9-10-19-4/h5-8,12,15H,9-11H2,1-4H3. The van der Waals surface area contributed by atoms with E-state index in [0.29, 0.717) is 18.9 Å². The second kappa shape index (κ2) is 8.33. The third kappa shape index (κ3) is 6.01. The molecule has 1 aromatic carbocycles. The van der Waals surface area contributed by atoms with Crippen LogP contribution in [-0.4, -0.2) is 46.1 Å². The van der Waals surface area contributed by atoms with E-state index in [-0.39, 0.29) is 12.6 Å². The lowest BCUT2D eigenvalue weighted by Gasteiger charge is -2.18. The SMILES string of the molecule is COCCN(C)S(=O)(=O)NCc1ccccc1OC(C)C. The van der Waals surface area contributed by atoms with Crippen molar-refractivity contribution in [2.45, 2.75) is 26.5 Å². The average Bonchev–Trinajstić information content (AvgIpc) is 2.43. The fourth-order valence-corrected chi connectivity index (χ4v) is 2.51. The third-order valence-corrected chi connectivity index (χ3v) is 4.31. The van der Waals surface area contributed by atoms with Gasteiger partial charge in [-0.3, -0.25) is 0 Å². The monoisotopic (exact) mass is 316 g/mol. The predicted octanol–water partition coefficient (Wildman–Crippen LogP) is 1.39. The highest BCUT2D eigenvalue weighted by atomic mass is 32.2. The molecule has 0 saturated heterocycles. The minimum Gasteiger partial charge on any atom is -0.491 e. The zero-order chi connectivity index (χ0) is 15.9. The van der Waals surface area contributed by atoms with Crippen LogP contribution in [0.25, 0.3) is 0 Å². The van der Waals surface area contributed by atoms with Gasteiger partial charge in [-0.1, -0.05) is 18.2 Å². The lowest BCUT2D eigenvalue weighted by molar-refractivity contribution is 0.184. The molecule has 0 aromatic heterocycles. The molecule has 0 bridgehead atoms. The van der Waals surface area contributed by atoms with Crippen LogP contribution in [0.4, 0.5) is 0 Å². The highest BCUT2D eigenvalue weighted by molar-refractivity contribution is 7.87. The summed E-state index contributed by atoms with van der Waals surface area (Å²) in [4.78, 5) is 0. The van der Waals surface area contributed by atoms with Crippen LogP contribution in [-0.2, 0) is 21.5 Å². The van der Waals surface area contributed by atoms with Crippen molar-refractivity contribution in [3.8, 4) is 5.75 Å². The fourth-order valence-electron chi connectivity index (χ4n) is 1.64. The van der Waals surface area contributed by atoms with Crippen molar-refractivity contribution in [1.82, 2.24) is 9.03 Å². The molecule has 1 N–H and O–H groups in total. The third-order valence-electron chi connectivity index (χ3n) is 2.80. The molecule has 0 fully saturated rings. The number of benzene rings is 1. The van der Waals surface area contributed by atoms with Crippen molar-refractivity contribution in [2.24, 2.45) is 0 Å². The van der Waals surface area contributed by atoms with Gasteiger partial charge in [0.1, 0.15) is 5.75 Å². The molecule has 0 amide bonds. The van der Waals surface area contributed by atoms with Crippen molar-refractivity contribution in [2.75, 3.05) is 27.3 Å². The molecular weight excluding hydrogens is 292 g/mol. The maximum atomic E-state index is 12.1. The van der Waals surface area contributed by atoms with Gasteiger partial charge in [0.05, 0.1) is 12.7 Å². The van der Waals surface area contributed by atoms with Crippen LogP contribution in [0, 0.1) is 0 Å². The van der Waals surface area contributed by atoms with Crippen molar-refractivity contribution in [3.63, 3.8) is 0 Å². The molecule has 0 spiro atoms. The largest absolute Gasteiger partial charge is 0.491 e. The van der Waals surface area contributed by atoms with Crippen LogP contribution >= 0.6 is 0 Å². The van der Waals surface area contributed by atoms with Gasteiger partial charge < -0.3 is 9.47 Å². The summed E-state index contributed by atoms with van der Waals surface area (Å²) < 4.78 is 38.5. The van der Waals surface area contributed by atoms with Gasteiger partial charge in [0, 0.05) is 32.8 Å². The first-order chi connectivity index (χ1) is 9.86. The number of para-hydroxylation sites is 1. The zero-order valence-electron chi connectivity index (χ0n) is 13.0. The number of nitrogens with zero attached hydrogens (tertiary/aromatic N) is 1. The Balaban J connectivity index is 2.70. The first-order valence-corrected chi connectivity index (χ1v) is 8.25. The molecule has 0 heterocycles. The second-order valence-corrected chi connectivity index (χ2v) is 6.78. The topological polar surface area (TPSA) is 67.9 Å². The molecule has 0 aliphatic rings. The van der Waals surface area contributed by atoms with Crippen molar-refractivity contribution in [3.05, 3.63) is 29.8 Å². The first kappa shape index (κ1) is 17.9. The molecule has 0 radical (unpaired) electrons. The van der Waals surface area contributed by atoms with E-state index in [9.17, 15) is 8.42 Å². The molecular formula is C14H24N2O4S. The Kier molecular flexibility index (Phi) is 7.10. The Hall–Kier alpha value is -1.15. The van der Waals surface area contributed by atoms with Gasteiger partial charge in [-0.2, -0.15) is 17.4 Å². The molecule has 0 unspecified atom stereocenters. The van der Waals surface area contributed by atoms with E-state index in [2.05, 4.69) is 4.72 Å². The summed E-state index contributed by atoms with van der Waals surface area (Å²) in [7, 11) is -0.481. The van der Waals surface area contributed by atoms with Gasteiger partial charge in [0.25, 0.3) is 10.2 Å². The van der Waals surface area contributed by atoms with Crippen LogP contribution in [0.3, 0.4) is 0 Å². The van der Waals surface area contributed by atoms with Crippen LogP contribution in [0.2, 0.25) is 0 Å². The summed E-state index contributed by atoms with van der Waals surface area (Å²) in [6.45, 7) is 4.70. The summed E-state index contributed by atoms with van der Waals surface area (Å²) >= 11 is 0. The van der Waals surface area contributed by atoms with Gasteiger partial charge in [0.15, 0.2) is 0 Å². The molecule has 21 heavy (non-hydrogen) atoms. The number of ether oxygens (including phenoxy) is 2. The predicted molar refractivity (Wildman–Crippen MR) is 82.5 cm³/mol. The van der Waals surface area contributed by atoms with Crippen molar-refractivity contribution >= 4 is 10.2 Å². The van der Waals surface area contributed by atoms with Crippen LogP contribution in [0.5, 0.6) is 5.75 Å². The van der Waals surface area contributed by atoms with E-state index < -0.39 is 10.2 Å². The van der Waals surface area contributed by atoms with E-state index >= 15 is 0 Å². The summed E-state index contributed by atoms with van der Waals surface area (Å²) in [6.07, 6.45) is 0.0344. The number of methoxy groups -OCH3 is 1. The molecule has 0 atom stereocenters. The zero-order valence-corrected chi connectivity index (χ0v) is 13.8. The quantitative estimate of drug-likeness (QED) is 0.747. The summed E-state index contributed by atoms with van der Waals surface area (Å²) in [6, 6.07) is 7.39. The maximum Gasteiger partial charge on any atom is 0.279 e. The molecule has 1 rings (SSSR count). The van der Waals surface area contributed by atoms with Crippen LogP contribution < -0.4 is 9.46 Å². The second-order valence-electron chi connectivity index (χ2n) is 4.91. The lowest BCUT2D eigenvalue weighted by Crippen LogP contribution is -2.39. The Morgan fingerprint density at radius 3 is 2.57 bits per heavy atom. The Morgan fingerprint density at radius 2 is 1.95 bits per heavy atom. The Bertz CT molecular complexity index is 532. The molecule has 6 nitrogen and oxygen atoms in total. The van der Waals surface area contributed by atoms with Crippen molar-refractivity contribution in [1.29, 1.82) is 0 Å². The summed E-state index contributed by atoms with van der Waals surface area (Å²) in [5.74, 6) is 0.690. The van der Waals surface area contributed by atoms with E-state index in [0.717, 1.165) is 5.56 Å². The molecule has 120 valence electrons. The summed E-state index contributed by atoms with van der Waals surface area (Å²) in [5, 5.41) is 0. The van der Waals surface area contributed by atoms with Crippen molar-refractivity contribution < 1.29 is 17.9 Å². The first-order valence-electron chi connectivity index (χ1n) is 6.81. The minimum absolute atomic E-state index is 0.0344. The van der Waals surface area contributed by atoms with Gasteiger partial charge in [0.2, 0.25) is 0 Å². The fraction of sp³-hybridized carbons (Fsp3) is 0.571. The Morgan fingerprint density at radius 1 is 1.29 bits per heavy atom. The number of hydrogen-bond donors (Lipinski definition) is 1.